The summed E-state index contributed by atoms with van der Waals surface area (Å²) in [6.45, 7) is 6.83. The smallest absolute Gasteiger partial charge is 0.338 e. The predicted octanol–water partition coefficient (Wildman–Crippen LogP) is 3.35. The molecule has 1 heterocycles. The maximum atomic E-state index is 12.5. The van der Waals surface area contributed by atoms with Crippen molar-refractivity contribution < 1.29 is 28.5 Å². The van der Waals surface area contributed by atoms with Gasteiger partial charge in [-0.1, -0.05) is 11.6 Å². The summed E-state index contributed by atoms with van der Waals surface area (Å²) < 4.78 is 22.1. The molecule has 0 aliphatic carbocycles. The van der Waals surface area contributed by atoms with E-state index in [9.17, 15) is 9.59 Å². The second kappa shape index (κ2) is 11.6. The Bertz CT molecular complexity index is 994. The van der Waals surface area contributed by atoms with E-state index in [-0.39, 0.29) is 11.3 Å². The third-order valence-corrected chi connectivity index (χ3v) is 5.20. The molecule has 0 bridgehead atoms. The van der Waals surface area contributed by atoms with Crippen LogP contribution in [-0.4, -0.2) is 58.0 Å². The first-order chi connectivity index (χ1) is 15.9. The summed E-state index contributed by atoms with van der Waals surface area (Å²) in [7, 11) is 0. The highest BCUT2D eigenvalue weighted by atomic mass is 35.5. The molecule has 1 aliphatic rings. The number of carbonyl (C=O) groups excluding carboxylic acids is 2. The molecular formula is C23H28ClN3O6. The Morgan fingerprint density at radius 1 is 1.09 bits per heavy atom. The molecule has 1 saturated heterocycles. The SMILES string of the molecule is CCOc1cc(N2CCOCC2)c(OCC)cc1NC(=O)COC(=O)c1ccc(Cl)c(N)c1. The molecule has 0 radical (unpaired) electrons. The third kappa shape index (κ3) is 6.43. The lowest BCUT2D eigenvalue weighted by Crippen LogP contribution is -2.36. The number of morpholine rings is 1. The number of nitrogens with two attached hydrogens (primary N) is 1. The van der Waals surface area contributed by atoms with Crippen LogP contribution in [0.15, 0.2) is 30.3 Å². The molecule has 3 rings (SSSR count). The maximum Gasteiger partial charge on any atom is 0.338 e. The first kappa shape index (κ1) is 24.5. The number of ether oxygens (including phenoxy) is 4. The van der Waals surface area contributed by atoms with Gasteiger partial charge in [-0.25, -0.2) is 4.79 Å². The molecule has 1 aliphatic heterocycles. The van der Waals surface area contributed by atoms with Gasteiger partial charge in [0.05, 0.1) is 54.1 Å². The number of nitrogens with zero attached hydrogens (tertiary/aromatic N) is 1. The van der Waals surface area contributed by atoms with E-state index >= 15 is 0 Å². The summed E-state index contributed by atoms with van der Waals surface area (Å²) in [6, 6.07) is 7.93. The van der Waals surface area contributed by atoms with E-state index in [0.29, 0.717) is 48.6 Å². The molecule has 0 aromatic heterocycles. The highest BCUT2D eigenvalue weighted by Gasteiger charge is 2.21. The van der Waals surface area contributed by atoms with Crippen molar-refractivity contribution in [2.24, 2.45) is 0 Å². The fourth-order valence-corrected chi connectivity index (χ4v) is 3.43. The topological polar surface area (TPSA) is 112 Å². The number of nitrogens with one attached hydrogen (secondary N) is 1. The minimum atomic E-state index is -0.684. The minimum absolute atomic E-state index is 0.202. The van der Waals surface area contributed by atoms with Crippen LogP contribution in [0.3, 0.4) is 0 Å². The molecule has 1 amide bonds. The van der Waals surface area contributed by atoms with E-state index < -0.39 is 18.5 Å². The zero-order valence-electron chi connectivity index (χ0n) is 18.7. The molecule has 3 N–H and O–H groups in total. The van der Waals surface area contributed by atoms with Crippen LogP contribution in [0, 0.1) is 0 Å². The highest BCUT2D eigenvalue weighted by Crippen LogP contribution is 2.39. The van der Waals surface area contributed by atoms with E-state index in [4.69, 9.17) is 36.3 Å². The van der Waals surface area contributed by atoms with Gasteiger partial charge in [0.2, 0.25) is 0 Å². The molecule has 0 saturated carbocycles. The summed E-state index contributed by atoms with van der Waals surface area (Å²) in [4.78, 5) is 26.9. The molecule has 2 aromatic rings. The lowest BCUT2D eigenvalue weighted by molar-refractivity contribution is -0.119. The van der Waals surface area contributed by atoms with Crippen LogP contribution in [0.5, 0.6) is 11.5 Å². The van der Waals surface area contributed by atoms with Gasteiger partial charge in [-0.15, -0.1) is 0 Å². The number of nitrogen functional groups attached to an aromatic ring is 1. The van der Waals surface area contributed by atoms with Gasteiger partial charge in [-0.2, -0.15) is 0 Å². The number of anilines is 3. The normalized spacial score (nSPS) is 13.4. The van der Waals surface area contributed by atoms with Crippen LogP contribution in [0.2, 0.25) is 5.02 Å². The number of halogens is 1. The van der Waals surface area contributed by atoms with Crippen molar-refractivity contribution in [3.05, 3.63) is 40.9 Å². The van der Waals surface area contributed by atoms with Crippen LogP contribution in [0.4, 0.5) is 17.1 Å². The van der Waals surface area contributed by atoms with E-state index in [2.05, 4.69) is 10.2 Å². The zero-order valence-corrected chi connectivity index (χ0v) is 19.4. The lowest BCUT2D eigenvalue weighted by Gasteiger charge is -2.31. The van der Waals surface area contributed by atoms with E-state index in [1.54, 1.807) is 6.07 Å². The van der Waals surface area contributed by atoms with Crippen molar-refractivity contribution in [1.82, 2.24) is 0 Å². The van der Waals surface area contributed by atoms with Gasteiger partial charge in [0.25, 0.3) is 5.91 Å². The first-order valence-corrected chi connectivity index (χ1v) is 11.1. The summed E-state index contributed by atoms with van der Waals surface area (Å²) in [5, 5.41) is 3.07. The Balaban J connectivity index is 1.73. The number of carbonyl (C=O) groups is 2. The molecule has 0 spiro atoms. The van der Waals surface area contributed by atoms with E-state index in [1.165, 1.54) is 18.2 Å². The second-order valence-electron chi connectivity index (χ2n) is 7.14. The molecule has 0 unspecified atom stereocenters. The number of amides is 1. The van der Waals surface area contributed by atoms with E-state index in [0.717, 1.165) is 18.8 Å². The standard InChI is InChI=1S/C23H28ClN3O6/c1-3-31-20-13-19(27-7-9-30-10-8-27)21(32-4-2)12-18(20)26-22(28)14-33-23(29)15-5-6-16(24)17(25)11-15/h5-6,11-13H,3-4,7-10,14,25H2,1-2H3,(H,26,28). The largest absolute Gasteiger partial charge is 0.492 e. The molecule has 33 heavy (non-hydrogen) atoms. The number of esters is 1. The monoisotopic (exact) mass is 477 g/mol. The van der Waals surface area contributed by atoms with Crippen molar-refractivity contribution >= 4 is 40.5 Å². The molecule has 178 valence electrons. The van der Waals surface area contributed by atoms with Gasteiger partial charge in [0, 0.05) is 25.2 Å². The van der Waals surface area contributed by atoms with Crippen LogP contribution in [0.1, 0.15) is 24.2 Å². The predicted molar refractivity (Wildman–Crippen MR) is 127 cm³/mol. The number of rotatable bonds is 9. The van der Waals surface area contributed by atoms with Crippen molar-refractivity contribution in [3.63, 3.8) is 0 Å². The second-order valence-corrected chi connectivity index (χ2v) is 7.55. The summed E-state index contributed by atoms with van der Waals surface area (Å²) in [6.07, 6.45) is 0. The van der Waals surface area contributed by atoms with Gasteiger partial charge >= 0.3 is 5.97 Å². The van der Waals surface area contributed by atoms with E-state index in [1.807, 2.05) is 19.9 Å². The Labute approximate surface area is 197 Å². The Morgan fingerprint density at radius 3 is 2.45 bits per heavy atom. The lowest BCUT2D eigenvalue weighted by atomic mass is 10.2. The van der Waals surface area contributed by atoms with Crippen LogP contribution < -0.4 is 25.4 Å². The summed E-state index contributed by atoms with van der Waals surface area (Å²) >= 11 is 5.87. The molecule has 10 heteroatoms. The van der Waals surface area contributed by atoms with Gasteiger partial charge in [0.1, 0.15) is 11.5 Å². The summed E-state index contributed by atoms with van der Waals surface area (Å²) in [5.74, 6) is -0.0941. The van der Waals surface area contributed by atoms with Crippen molar-refractivity contribution in [1.29, 1.82) is 0 Å². The number of hydrogen-bond donors (Lipinski definition) is 2. The average molecular weight is 478 g/mol. The molecule has 1 fully saturated rings. The van der Waals surface area contributed by atoms with Crippen LogP contribution >= 0.6 is 11.6 Å². The van der Waals surface area contributed by atoms with Crippen LogP contribution in [0.25, 0.3) is 0 Å². The average Bonchev–Trinajstić information content (AvgIpc) is 2.81. The first-order valence-electron chi connectivity index (χ1n) is 10.7. The van der Waals surface area contributed by atoms with Gasteiger partial charge in [-0.05, 0) is 32.0 Å². The van der Waals surface area contributed by atoms with Crippen LogP contribution in [-0.2, 0) is 14.3 Å². The molecule has 2 aromatic carbocycles. The quantitative estimate of drug-likeness (QED) is 0.417. The van der Waals surface area contributed by atoms with Crippen molar-refractivity contribution in [2.45, 2.75) is 13.8 Å². The Morgan fingerprint density at radius 2 is 1.79 bits per heavy atom. The minimum Gasteiger partial charge on any atom is -0.492 e. The van der Waals surface area contributed by atoms with Gasteiger partial charge < -0.3 is 34.9 Å². The highest BCUT2D eigenvalue weighted by molar-refractivity contribution is 6.33. The third-order valence-electron chi connectivity index (χ3n) is 4.85. The fourth-order valence-electron chi connectivity index (χ4n) is 3.32. The fraction of sp³-hybridized carbons (Fsp3) is 0.391. The molecule has 9 nitrogen and oxygen atoms in total. The molecule has 0 atom stereocenters. The number of hydrogen-bond acceptors (Lipinski definition) is 8. The van der Waals surface area contributed by atoms with Crippen molar-refractivity contribution in [3.8, 4) is 11.5 Å². The zero-order chi connectivity index (χ0) is 23.8. The maximum absolute atomic E-state index is 12.5. The van der Waals surface area contributed by atoms with Crippen molar-refractivity contribution in [2.75, 3.05) is 62.1 Å². The Hall–Kier alpha value is -3.17. The van der Waals surface area contributed by atoms with Gasteiger partial charge in [0.15, 0.2) is 6.61 Å². The number of benzene rings is 2. The Kier molecular flexibility index (Phi) is 8.62. The molecular weight excluding hydrogens is 450 g/mol. The summed E-state index contributed by atoms with van der Waals surface area (Å²) in [5.41, 5.74) is 7.46. The van der Waals surface area contributed by atoms with Gasteiger partial charge in [-0.3, -0.25) is 4.79 Å².